The molecule has 3 rings (SSSR count). The molecule has 1 aliphatic carbocycles. The van der Waals surface area contributed by atoms with Gasteiger partial charge in [-0.3, -0.25) is 0 Å². The highest BCUT2D eigenvalue weighted by atomic mass is 19.4. The van der Waals surface area contributed by atoms with E-state index in [1.54, 1.807) is 6.07 Å². The highest BCUT2D eigenvalue weighted by Gasteiger charge is 2.35. The fourth-order valence-electron chi connectivity index (χ4n) is 4.28. The summed E-state index contributed by atoms with van der Waals surface area (Å²) >= 11 is 0. The van der Waals surface area contributed by atoms with Gasteiger partial charge in [-0.05, 0) is 43.7 Å². The van der Waals surface area contributed by atoms with Crippen molar-refractivity contribution in [1.29, 1.82) is 0 Å². The van der Waals surface area contributed by atoms with E-state index < -0.39 is 12.8 Å². The number of methoxy groups -OCH3 is 1. The minimum Gasteiger partial charge on any atom is -0.493 e. The lowest BCUT2D eigenvalue weighted by atomic mass is 9.83. The van der Waals surface area contributed by atoms with E-state index in [1.807, 2.05) is 4.90 Å². The Kier molecular flexibility index (Phi) is 6.57. The van der Waals surface area contributed by atoms with Gasteiger partial charge in [0.15, 0.2) is 18.1 Å². The van der Waals surface area contributed by atoms with Gasteiger partial charge in [0.05, 0.1) is 7.11 Å². The summed E-state index contributed by atoms with van der Waals surface area (Å²) in [7, 11) is 1.35. The maximum Gasteiger partial charge on any atom is 0.422 e. The third-order valence-electron chi connectivity index (χ3n) is 5.56. The molecule has 1 N–H and O–H groups in total. The first-order valence-electron chi connectivity index (χ1n) is 9.82. The lowest BCUT2D eigenvalue weighted by molar-refractivity contribution is -0.153. The number of amides is 2. The maximum absolute atomic E-state index is 12.8. The Labute approximate surface area is 163 Å². The van der Waals surface area contributed by atoms with Crippen LogP contribution in [0.3, 0.4) is 0 Å². The van der Waals surface area contributed by atoms with Crippen molar-refractivity contribution in [2.45, 2.75) is 57.2 Å². The Morgan fingerprint density at radius 3 is 2.57 bits per heavy atom. The highest BCUT2D eigenvalue weighted by molar-refractivity contribution is 5.90. The molecule has 1 heterocycles. The number of hydrogen-bond acceptors (Lipinski definition) is 3. The second-order valence-corrected chi connectivity index (χ2v) is 7.50. The van der Waals surface area contributed by atoms with Crippen LogP contribution in [0.1, 0.15) is 44.9 Å². The summed E-state index contributed by atoms with van der Waals surface area (Å²) in [6.45, 7) is -0.711. The minimum atomic E-state index is -4.45. The van der Waals surface area contributed by atoms with Crippen molar-refractivity contribution in [2.24, 2.45) is 5.92 Å². The van der Waals surface area contributed by atoms with Gasteiger partial charge in [0, 0.05) is 24.3 Å². The average molecular weight is 400 g/mol. The number of nitrogens with zero attached hydrogens (tertiary/aromatic N) is 1. The van der Waals surface area contributed by atoms with Gasteiger partial charge in [-0.1, -0.05) is 19.3 Å². The highest BCUT2D eigenvalue weighted by Crippen LogP contribution is 2.35. The number of nitrogens with one attached hydrogen (secondary N) is 1. The smallest absolute Gasteiger partial charge is 0.422 e. The number of urea groups is 1. The van der Waals surface area contributed by atoms with Crippen LogP contribution in [0, 0.1) is 5.92 Å². The fourth-order valence-corrected chi connectivity index (χ4v) is 4.28. The lowest BCUT2D eigenvalue weighted by Gasteiger charge is -2.34. The molecule has 1 atom stereocenters. The molecule has 1 aromatic rings. The monoisotopic (exact) mass is 400 g/mol. The van der Waals surface area contributed by atoms with E-state index >= 15 is 0 Å². The predicted octanol–water partition coefficient (Wildman–Crippen LogP) is 5.21. The number of halogens is 3. The number of carbonyl (C=O) groups excluding carboxylic acids is 1. The maximum atomic E-state index is 12.8. The molecule has 5 nitrogen and oxygen atoms in total. The number of carbonyl (C=O) groups is 1. The fraction of sp³-hybridized carbons (Fsp3) is 0.650. The molecule has 0 bridgehead atoms. The number of rotatable bonds is 5. The van der Waals surface area contributed by atoms with Crippen LogP contribution in [0.5, 0.6) is 11.5 Å². The van der Waals surface area contributed by atoms with Gasteiger partial charge in [-0.2, -0.15) is 13.2 Å². The Morgan fingerprint density at radius 2 is 1.89 bits per heavy atom. The van der Waals surface area contributed by atoms with Gasteiger partial charge in [0.25, 0.3) is 0 Å². The molecule has 1 aromatic carbocycles. The Bertz CT molecular complexity index is 675. The predicted molar refractivity (Wildman–Crippen MR) is 99.9 cm³/mol. The largest absolute Gasteiger partial charge is 0.493 e. The lowest BCUT2D eigenvalue weighted by Crippen LogP contribution is -2.43. The second kappa shape index (κ2) is 8.92. The molecule has 0 spiro atoms. The molecule has 0 aromatic heterocycles. The first-order valence-corrected chi connectivity index (χ1v) is 9.82. The van der Waals surface area contributed by atoms with Crippen molar-refractivity contribution in [2.75, 3.05) is 25.6 Å². The number of likely N-dealkylation sites (tertiary alicyclic amines) is 1. The van der Waals surface area contributed by atoms with Crippen molar-refractivity contribution < 1.29 is 27.4 Å². The van der Waals surface area contributed by atoms with Crippen LogP contribution in [-0.4, -0.2) is 43.4 Å². The van der Waals surface area contributed by atoms with Crippen molar-refractivity contribution in [3.05, 3.63) is 18.2 Å². The van der Waals surface area contributed by atoms with Crippen LogP contribution in [0.25, 0.3) is 0 Å². The molecule has 156 valence electrons. The third kappa shape index (κ3) is 5.23. The van der Waals surface area contributed by atoms with E-state index in [9.17, 15) is 18.0 Å². The second-order valence-electron chi connectivity index (χ2n) is 7.50. The van der Waals surface area contributed by atoms with Crippen LogP contribution in [-0.2, 0) is 0 Å². The number of benzene rings is 1. The molecule has 1 saturated carbocycles. The summed E-state index contributed by atoms with van der Waals surface area (Å²) in [5.41, 5.74) is 0.386. The summed E-state index contributed by atoms with van der Waals surface area (Å²) in [6, 6.07) is 4.50. The number of alkyl halides is 3. The summed E-state index contributed by atoms with van der Waals surface area (Å²) in [6.07, 6.45) is 3.57. The van der Waals surface area contributed by atoms with E-state index in [0.29, 0.717) is 18.2 Å². The van der Waals surface area contributed by atoms with Gasteiger partial charge in [-0.15, -0.1) is 0 Å². The Balaban J connectivity index is 1.67. The Hall–Kier alpha value is -2.12. The zero-order valence-electron chi connectivity index (χ0n) is 16.1. The number of anilines is 1. The average Bonchev–Trinajstić information content (AvgIpc) is 3.16. The standard InChI is InChI=1S/C20H27F3N2O3/c1-27-17-10-9-15(12-18(17)28-13-20(21,22)23)24-19(26)25-11-5-8-16(25)14-6-3-2-4-7-14/h9-10,12,14,16H,2-8,11,13H2,1H3,(H,24,26). The van der Waals surface area contributed by atoms with Gasteiger partial charge in [0.1, 0.15) is 0 Å². The van der Waals surface area contributed by atoms with Crippen molar-refractivity contribution in [3.63, 3.8) is 0 Å². The third-order valence-corrected chi connectivity index (χ3v) is 5.56. The molecule has 0 radical (unpaired) electrons. The van der Waals surface area contributed by atoms with Crippen LogP contribution >= 0.6 is 0 Å². The molecule has 8 heteroatoms. The van der Waals surface area contributed by atoms with Crippen LogP contribution in [0.4, 0.5) is 23.7 Å². The SMILES string of the molecule is COc1ccc(NC(=O)N2CCCC2C2CCCCC2)cc1OCC(F)(F)F. The van der Waals surface area contributed by atoms with E-state index in [1.165, 1.54) is 38.5 Å². The summed E-state index contributed by atoms with van der Waals surface area (Å²) in [4.78, 5) is 14.7. The summed E-state index contributed by atoms with van der Waals surface area (Å²) < 4.78 is 47.3. The normalized spacial score (nSPS) is 20.9. The topological polar surface area (TPSA) is 50.8 Å². The minimum absolute atomic E-state index is 0.0529. The molecular formula is C20H27F3N2O3. The first-order chi connectivity index (χ1) is 13.4. The summed E-state index contributed by atoms with van der Waals surface area (Å²) in [5.74, 6) is 0.676. The number of ether oxygens (including phenoxy) is 2. The molecule has 1 saturated heterocycles. The van der Waals surface area contributed by atoms with Gasteiger partial charge in [0.2, 0.25) is 0 Å². The van der Waals surface area contributed by atoms with Crippen LogP contribution < -0.4 is 14.8 Å². The van der Waals surface area contributed by atoms with Crippen LogP contribution in [0.15, 0.2) is 18.2 Å². The molecule has 2 amide bonds. The van der Waals surface area contributed by atoms with Crippen molar-refractivity contribution in [3.8, 4) is 11.5 Å². The zero-order chi connectivity index (χ0) is 20.1. The van der Waals surface area contributed by atoms with Crippen molar-refractivity contribution >= 4 is 11.7 Å². The quantitative estimate of drug-likeness (QED) is 0.738. The zero-order valence-corrected chi connectivity index (χ0v) is 16.1. The van der Waals surface area contributed by atoms with E-state index in [4.69, 9.17) is 9.47 Å². The molecule has 28 heavy (non-hydrogen) atoms. The van der Waals surface area contributed by atoms with Crippen LogP contribution in [0.2, 0.25) is 0 Å². The van der Waals surface area contributed by atoms with E-state index in [-0.39, 0.29) is 23.6 Å². The molecule has 2 fully saturated rings. The molecule has 2 aliphatic rings. The molecule has 1 aliphatic heterocycles. The van der Waals surface area contributed by atoms with Gasteiger partial charge >= 0.3 is 12.2 Å². The molecule has 1 unspecified atom stereocenters. The first kappa shape index (κ1) is 20.6. The van der Waals surface area contributed by atoms with Gasteiger partial charge < -0.3 is 19.7 Å². The number of hydrogen-bond donors (Lipinski definition) is 1. The van der Waals surface area contributed by atoms with E-state index in [0.717, 1.165) is 25.7 Å². The van der Waals surface area contributed by atoms with Gasteiger partial charge in [-0.25, -0.2) is 4.79 Å². The Morgan fingerprint density at radius 1 is 1.14 bits per heavy atom. The van der Waals surface area contributed by atoms with Crippen molar-refractivity contribution in [1.82, 2.24) is 4.90 Å². The summed E-state index contributed by atoms with van der Waals surface area (Å²) in [5, 5.41) is 2.81. The molecular weight excluding hydrogens is 373 g/mol. The van der Waals surface area contributed by atoms with E-state index in [2.05, 4.69) is 5.32 Å².